The van der Waals surface area contributed by atoms with E-state index in [2.05, 4.69) is 0 Å². The van der Waals surface area contributed by atoms with Crippen molar-refractivity contribution in [3.8, 4) is 5.75 Å². The van der Waals surface area contributed by atoms with Crippen LogP contribution < -0.4 is 4.74 Å². The molecule has 1 fully saturated rings. The fourth-order valence-corrected chi connectivity index (χ4v) is 3.41. The number of nitrogens with zero attached hydrogens (tertiary/aromatic N) is 1. The highest BCUT2D eigenvalue weighted by Crippen LogP contribution is 2.15. The minimum Gasteiger partial charge on any atom is -0.491 e. The van der Waals surface area contributed by atoms with Crippen molar-refractivity contribution in [1.82, 2.24) is 4.90 Å². The van der Waals surface area contributed by atoms with E-state index in [1.807, 2.05) is 4.90 Å². The van der Waals surface area contributed by atoms with Crippen LogP contribution in [0.1, 0.15) is 0 Å². The van der Waals surface area contributed by atoms with Crippen molar-refractivity contribution in [3.05, 3.63) is 29.3 Å². The predicted octanol–water partition coefficient (Wildman–Crippen LogP) is 0.810. The lowest BCUT2D eigenvalue weighted by Gasteiger charge is -2.28. The Morgan fingerprint density at radius 1 is 1.25 bits per heavy atom. The monoisotopic (exact) mass is 319 g/mol. The van der Waals surface area contributed by atoms with Crippen molar-refractivity contribution in [2.24, 2.45) is 0 Å². The molecule has 1 aliphatic heterocycles. The van der Waals surface area contributed by atoms with Crippen LogP contribution in [0.3, 0.4) is 0 Å². The second-order valence-corrected chi connectivity index (χ2v) is 7.61. The standard InChI is InChI=1S/C13H18ClNO4S/c14-11-1-3-13(4-2-11)19-10-12(16)9-15-5-7-20(17,18)8-6-15/h1-4,12,16H,5-10H2. The summed E-state index contributed by atoms with van der Waals surface area (Å²) in [6.45, 7) is 1.54. The number of sulfone groups is 1. The van der Waals surface area contributed by atoms with Crippen LogP contribution in [0.25, 0.3) is 0 Å². The van der Waals surface area contributed by atoms with Crippen molar-refractivity contribution in [3.63, 3.8) is 0 Å². The maximum atomic E-state index is 11.3. The van der Waals surface area contributed by atoms with Crippen LogP contribution in [0.15, 0.2) is 24.3 Å². The highest BCUT2D eigenvalue weighted by atomic mass is 35.5. The van der Waals surface area contributed by atoms with Crippen LogP contribution in [-0.2, 0) is 9.84 Å². The number of hydrogen-bond donors (Lipinski definition) is 1. The topological polar surface area (TPSA) is 66.8 Å². The normalized spacial score (nSPS) is 20.5. The summed E-state index contributed by atoms with van der Waals surface area (Å²) in [5.74, 6) is 0.977. The van der Waals surface area contributed by atoms with Crippen LogP contribution in [0.5, 0.6) is 5.75 Å². The van der Waals surface area contributed by atoms with E-state index in [0.29, 0.717) is 30.4 Å². The Morgan fingerprint density at radius 3 is 2.45 bits per heavy atom. The molecule has 5 nitrogen and oxygen atoms in total. The zero-order chi connectivity index (χ0) is 14.6. The van der Waals surface area contributed by atoms with E-state index in [1.165, 1.54) is 0 Å². The Labute approximate surface area is 124 Å². The summed E-state index contributed by atoms with van der Waals surface area (Å²) in [4.78, 5) is 1.94. The zero-order valence-corrected chi connectivity index (χ0v) is 12.6. The third-order valence-corrected chi connectivity index (χ3v) is 5.02. The van der Waals surface area contributed by atoms with Crippen molar-refractivity contribution in [2.75, 3.05) is 37.7 Å². The minimum absolute atomic E-state index is 0.164. The maximum Gasteiger partial charge on any atom is 0.152 e. The van der Waals surface area contributed by atoms with Gasteiger partial charge < -0.3 is 9.84 Å². The van der Waals surface area contributed by atoms with Gasteiger partial charge in [0.15, 0.2) is 9.84 Å². The number of β-amino-alcohol motifs (C(OH)–C–C–N with tert-alkyl or cyclic N) is 1. The first-order chi connectivity index (χ1) is 9.44. The number of rotatable bonds is 5. The molecule has 2 rings (SSSR count). The van der Waals surface area contributed by atoms with Gasteiger partial charge in [-0.2, -0.15) is 0 Å². The average molecular weight is 320 g/mol. The van der Waals surface area contributed by atoms with Gasteiger partial charge in [-0.1, -0.05) is 11.6 Å². The molecule has 0 aliphatic carbocycles. The predicted molar refractivity (Wildman–Crippen MR) is 78.0 cm³/mol. The van der Waals surface area contributed by atoms with Crippen molar-refractivity contribution in [1.29, 1.82) is 0 Å². The second-order valence-electron chi connectivity index (χ2n) is 4.87. The first-order valence-electron chi connectivity index (χ1n) is 6.44. The largest absolute Gasteiger partial charge is 0.491 e. The van der Waals surface area contributed by atoms with Gasteiger partial charge in [-0.3, -0.25) is 4.90 Å². The third kappa shape index (κ3) is 4.94. The smallest absolute Gasteiger partial charge is 0.152 e. The molecule has 0 saturated carbocycles. The van der Waals surface area contributed by atoms with Crippen LogP contribution in [0, 0.1) is 0 Å². The van der Waals surface area contributed by atoms with E-state index in [4.69, 9.17) is 16.3 Å². The van der Waals surface area contributed by atoms with Crippen molar-refractivity contribution in [2.45, 2.75) is 6.10 Å². The van der Waals surface area contributed by atoms with Gasteiger partial charge >= 0.3 is 0 Å². The summed E-state index contributed by atoms with van der Waals surface area (Å²) < 4.78 is 28.0. The van der Waals surface area contributed by atoms with Gasteiger partial charge in [-0.15, -0.1) is 0 Å². The molecule has 0 radical (unpaired) electrons. The first kappa shape index (κ1) is 15.6. The molecule has 1 aromatic carbocycles. The lowest BCUT2D eigenvalue weighted by Crippen LogP contribution is -2.44. The molecule has 20 heavy (non-hydrogen) atoms. The lowest BCUT2D eigenvalue weighted by molar-refractivity contribution is 0.0710. The number of aliphatic hydroxyl groups is 1. The minimum atomic E-state index is -2.88. The molecule has 1 heterocycles. The molecular weight excluding hydrogens is 302 g/mol. The van der Waals surface area contributed by atoms with Crippen LogP contribution in [0.2, 0.25) is 5.02 Å². The molecule has 0 spiro atoms. The van der Waals surface area contributed by atoms with E-state index < -0.39 is 15.9 Å². The van der Waals surface area contributed by atoms with Gasteiger partial charge in [0.1, 0.15) is 18.5 Å². The molecule has 0 amide bonds. The fourth-order valence-electron chi connectivity index (χ4n) is 2.01. The highest BCUT2D eigenvalue weighted by Gasteiger charge is 2.23. The van der Waals surface area contributed by atoms with Crippen LogP contribution in [0.4, 0.5) is 0 Å². The van der Waals surface area contributed by atoms with E-state index in [0.717, 1.165) is 0 Å². The second kappa shape index (κ2) is 6.76. The van der Waals surface area contributed by atoms with E-state index in [-0.39, 0.29) is 18.1 Å². The summed E-state index contributed by atoms with van der Waals surface area (Å²) in [7, 11) is -2.88. The zero-order valence-electron chi connectivity index (χ0n) is 11.0. The Kier molecular flexibility index (Phi) is 5.26. The Bertz CT molecular complexity index is 518. The molecule has 1 atom stereocenters. The average Bonchev–Trinajstić information content (AvgIpc) is 2.41. The fraction of sp³-hybridized carbons (Fsp3) is 0.538. The van der Waals surface area contributed by atoms with Crippen molar-refractivity contribution < 1.29 is 18.3 Å². The molecule has 0 bridgehead atoms. The molecule has 1 N–H and O–H groups in total. The highest BCUT2D eigenvalue weighted by molar-refractivity contribution is 7.91. The van der Waals surface area contributed by atoms with E-state index in [1.54, 1.807) is 24.3 Å². The first-order valence-corrected chi connectivity index (χ1v) is 8.64. The summed E-state index contributed by atoms with van der Waals surface area (Å²) in [5, 5.41) is 10.5. The molecule has 1 aliphatic rings. The van der Waals surface area contributed by atoms with E-state index in [9.17, 15) is 13.5 Å². The molecule has 112 valence electrons. The van der Waals surface area contributed by atoms with Gasteiger partial charge in [0.2, 0.25) is 0 Å². The van der Waals surface area contributed by atoms with Gasteiger partial charge in [0, 0.05) is 24.7 Å². The van der Waals surface area contributed by atoms with Crippen LogP contribution >= 0.6 is 11.6 Å². The Morgan fingerprint density at radius 2 is 1.85 bits per heavy atom. The number of hydrogen-bond acceptors (Lipinski definition) is 5. The summed E-state index contributed by atoms with van der Waals surface area (Å²) in [6.07, 6.45) is -0.647. The number of halogens is 1. The van der Waals surface area contributed by atoms with Crippen LogP contribution in [-0.4, -0.2) is 62.3 Å². The molecule has 1 unspecified atom stereocenters. The summed E-state index contributed by atoms with van der Waals surface area (Å²) in [6, 6.07) is 6.92. The number of aliphatic hydroxyl groups excluding tert-OH is 1. The van der Waals surface area contributed by atoms with Gasteiger partial charge in [0.25, 0.3) is 0 Å². The van der Waals surface area contributed by atoms with Crippen molar-refractivity contribution >= 4 is 21.4 Å². The molecule has 1 aromatic rings. The summed E-state index contributed by atoms with van der Waals surface area (Å²) in [5.41, 5.74) is 0. The van der Waals surface area contributed by atoms with Gasteiger partial charge in [-0.05, 0) is 24.3 Å². The number of ether oxygens (including phenoxy) is 1. The Hall–Kier alpha value is -0.820. The lowest BCUT2D eigenvalue weighted by atomic mass is 10.3. The Balaban J connectivity index is 1.73. The molecule has 1 saturated heterocycles. The molecule has 7 heteroatoms. The van der Waals surface area contributed by atoms with E-state index >= 15 is 0 Å². The molecular formula is C13H18ClNO4S. The van der Waals surface area contributed by atoms with Gasteiger partial charge in [-0.25, -0.2) is 8.42 Å². The third-order valence-electron chi connectivity index (χ3n) is 3.16. The quantitative estimate of drug-likeness (QED) is 0.870. The summed E-state index contributed by atoms with van der Waals surface area (Å²) >= 11 is 5.77. The number of benzene rings is 1. The van der Waals surface area contributed by atoms with Gasteiger partial charge in [0.05, 0.1) is 11.5 Å². The molecule has 0 aromatic heterocycles. The SMILES string of the molecule is O=S1(=O)CCN(CC(O)COc2ccc(Cl)cc2)CC1. The maximum absolute atomic E-state index is 11.3.